The molecule has 0 aromatic carbocycles. The molecule has 1 unspecified atom stereocenters. The number of carbonyl (C=O) groups is 1. The molecule has 1 amide bonds. The second-order valence-electron chi connectivity index (χ2n) is 6.74. The van der Waals surface area contributed by atoms with Gasteiger partial charge in [-0.25, -0.2) is 0 Å². The maximum atomic E-state index is 13.0. The zero-order chi connectivity index (χ0) is 16.6. The van der Waals surface area contributed by atoms with Crippen LogP contribution in [0.5, 0.6) is 0 Å². The second-order valence-corrected chi connectivity index (χ2v) is 7.12. The summed E-state index contributed by atoms with van der Waals surface area (Å²) in [5, 5.41) is 0.414. The van der Waals surface area contributed by atoms with E-state index >= 15 is 0 Å². The Morgan fingerprint density at radius 3 is 2.79 bits per heavy atom. The van der Waals surface area contributed by atoms with Crippen LogP contribution in [0, 0.1) is 5.41 Å². The fourth-order valence-corrected chi connectivity index (χ4v) is 4.02. The van der Waals surface area contributed by atoms with E-state index in [1.807, 2.05) is 29.2 Å². The van der Waals surface area contributed by atoms with Crippen LogP contribution in [-0.4, -0.2) is 40.3 Å². The first-order valence-electron chi connectivity index (χ1n) is 8.31. The van der Waals surface area contributed by atoms with Crippen molar-refractivity contribution in [2.75, 3.05) is 19.6 Å². The summed E-state index contributed by atoms with van der Waals surface area (Å²) in [6.45, 7) is 3.84. The van der Waals surface area contributed by atoms with Crippen LogP contribution in [0.3, 0.4) is 0 Å². The summed E-state index contributed by atoms with van der Waals surface area (Å²) in [5.74, 6) is 1.13. The van der Waals surface area contributed by atoms with Gasteiger partial charge in [0.2, 0.25) is 5.91 Å². The molecule has 2 fully saturated rings. The standard InChI is InChI=1S/C18H20ClN3O2/c19-16-5-4-15(24-16)12-21-9-6-18(13-21)7-10-22(17(18)23)11-14-3-1-2-8-20-14/h1-5,8H,6-7,9-13H2. The molecule has 0 N–H and O–H groups in total. The van der Waals surface area contributed by atoms with Gasteiger partial charge in [0.1, 0.15) is 5.76 Å². The van der Waals surface area contributed by atoms with Gasteiger partial charge >= 0.3 is 0 Å². The lowest BCUT2D eigenvalue weighted by atomic mass is 9.85. The van der Waals surface area contributed by atoms with Crippen molar-refractivity contribution < 1.29 is 9.21 Å². The highest BCUT2D eigenvalue weighted by Gasteiger charge is 2.50. The smallest absolute Gasteiger partial charge is 0.230 e. The zero-order valence-electron chi connectivity index (χ0n) is 13.4. The van der Waals surface area contributed by atoms with E-state index in [-0.39, 0.29) is 11.3 Å². The van der Waals surface area contributed by atoms with E-state index in [2.05, 4.69) is 9.88 Å². The number of hydrogen-bond acceptors (Lipinski definition) is 4. The molecule has 2 saturated heterocycles. The van der Waals surface area contributed by atoms with Gasteiger partial charge in [0.15, 0.2) is 5.22 Å². The van der Waals surface area contributed by atoms with Crippen LogP contribution in [0.25, 0.3) is 0 Å². The van der Waals surface area contributed by atoms with Gasteiger partial charge in [0.25, 0.3) is 0 Å². The number of carbonyl (C=O) groups excluding carboxylic acids is 1. The highest BCUT2D eigenvalue weighted by atomic mass is 35.5. The van der Waals surface area contributed by atoms with E-state index in [0.29, 0.717) is 18.3 Å². The van der Waals surface area contributed by atoms with Crippen LogP contribution in [0.1, 0.15) is 24.3 Å². The van der Waals surface area contributed by atoms with Gasteiger partial charge in [-0.2, -0.15) is 0 Å². The van der Waals surface area contributed by atoms with Gasteiger partial charge in [-0.15, -0.1) is 0 Å². The molecule has 2 aliphatic rings. The Morgan fingerprint density at radius 1 is 1.17 bits per heavy atom. The Balaban J connectivity index is 1.40. The molecule has 1 spiro atoms. The largest absolute Gasteiger partial charge is 0.448 e. The summed E-state index contributed by atoms with van der Waals surface area (Å²) in [4.78, 5) is 21.5. The zero-order valence-corrected chi connectivity index (χ0v) is 14.2. The van der Waals surface area contributed by atoms with Crippen molar-refractivity contribution in [3.63, 3.8) is 0 Å². The quantitative estimate of drug-likeness (QED) is 0.854. The van der Waals surface area contributed by atoms with E-state index in [4.69, 9.17) is 16.0 Å². The SMILES string of the molecule is O=C1N(Cc2ccccn2)CCC12CCN(Cc1ccc(Cl)o1)C2. The second kappa shape index (κ2) is 6.22. The summed E-state index contributed by atoms with van der Waals surface area (Å²) in [6.07, 6.45) is 3.62. The summed E-state index contributed by atoms with van der Waals surface area (Å²) in [5.41, 5.74) is 0.716. The molecule has 1 atom stereocenters. The maximum absolute atomic E-state index is 13.0. The van der Waals surface area contributed by atoms with Gasteiger partial charge in [0.05, 0.1) is 24.2 Å². The first-order valence-corrected chi connectivity index (χ1v) is 8.68. The van der Waals surface area contributed by atoms with Gasteiger partial charge in [0, 0.05) is 19.3 Å². The Labute approximate surface area is 146 Å². The van der Waals surface area contributed by atoms with Crippen molar-refractivity contribution in [2.24, 2.45) is 5.41 Å². The lowest BCUT2D eigenvalue weighted by molar-refractivity contribution is -0.136. The molecular weight excluding hydrogens is 326 g/mol. The third-order valence-electron chi connectivity index (χ3n) is 5.12. The molecule has 0 bridgehead atoms. The lowest BCUT2D eigenvalue weighted by Crippen LogP contribution is -2.36. The number of likely N-dealkylation sites (tertiary alicyclic amines) is 2. The number of furan rings is 1. The van der Waals surface area contributed by atoms with Crippen LogP contribution >= 0.6 is 11.6 Å². The third kappa shape index (κ3) is 2.94. The predicted molar refractivity (Wildman–Crippen MR) is 90.3 cm³/mol. The number of aromatic nitrogens is 1. The van der Waals surface area contributed by atoms with Crippen molar-refractivity contribution in [1.29, 1.82) is 0 Å². The number of pyridine rings is 1. The molecule has 0 aliphatic carbocycles. The molecule has 24 heavy (non-hydrogen) atoms. The Morgan fingerprint density at radius 2 is 2.04 bits per heavy atom. The molecular formula is C18H20ClN3O2. The summed E-state index contributed by atoms with van der Waals surface area (Å²) >= 11 is 5.83. The molecule has 4 rings (SSSR count). The molecule has 4 heterocycles. The summed E-state index contributed by atoms with van der Waals surface area (Å²) in [7, 11) is 0. The highest BCUT2D eigenvalue weighted by Crippen LogP contribution is 2.41. The van der Waals surface area contributed by atoms with Crippen molar-refractivity contribution in [3.8, 4) is 0 Å². The van der Waals surface area contributed by atoms with Gasteiger partial charge in [-0.3, -0.25) is 14.7 Å². The normalized spacial score (nSPS) is 24.4. The minimum Gasteiger partial charge on any atom is -0.448 e. The first-order chi connectivity index (χ1) is 11.6. The average molecular weight is 346 g/mol. The number of hydrogen-bond donors (Lipinski definition) is 0. The van der Waals surface area contributed by atoms with Gasteiger partial charge in [-0.05, 0) is 55.3 Å². The molecule has 0 saturated carbocycles. The van der Waals surface area contributed by atoms with Crippen LogP contribution in [-0.2, 0) is 17.9 Å². The number of rotatable bonds is 4. The fourth-order valence-electron chi connectivity index (χ4n) is 3.86. The summed E-state index contributed by atoms with van der Waals surface area (Å²) < 4.78 is 5.44. The molecule has 6 heteroatoms. The number of amides is 1. The Bertz CT molecular complexity index is 733. The lowest BCUT2D eigenvalue weighted by Gasteiger charge is -2.23. The summed E-state index contributed by atoms with van der Waals surface area (Å²) in [6, 6.07) is 9.49. The Hall–Kier alpha value is -1.85. The van der Waals surface area contributed by atoms with E-state index in [1.54, 1.807) is 12.3 Å². The minimum atomic E-state index is -0.231. The molecule has 126 valence electrons. The van der Waals surface area contributed by atoms with Crippen LogP contribution in [0.2, 0.25) is 5.22 Å². The molecule has 2 aliphatic heterocycles. The van der Waals surface area contributed by atoms with Crippen LogP contribution in [0.4, 0.5) is 0 Å². The first kappa shape index (κ1) is 15.7. The minimum absolute atomic E-state index is 0.231. The van der Waals surface area contributed by atoms with Crippen LogP contribution in [0.15, 0.2) is 40.9 Å². The molecule has 0 radical (unpaired) electrons. The Kier molecular flexibility index (Phi) is 4.06. The number of halogens is 1. The van der Waals surface area contributed by atoms with Crippen LogP contribution < -0.4 is 0 Å². The van der Waals surface area contributed by atoms with E-state index in [0.717, 1.165) is 43.9 Å². The molecule has 5 nitrogen and oxygen atoms in total. The molecule has 2 aromatic heterocycles. The van der Waals surface area contributed by atoms with Crippen molar-refractivity contribution in [1.82, 2.24) is 14.8 Å². The van der Waals surface area contributed by atoms with Crippen molar-refractivity contribution in [3.05, 3.63) is 53.2 Å². The van der Waals surface area contributed by atoms with E-state index in [1.165, 1.54) is 0 Å². The van der Waals surface area contributed by atoms with Crippen molar-refractivity contribution in [2.45, 2.75) is 25.9 Å². The van der Waals surface area contributed by atoms with E-state index in [9.17, 15) is 4.79 Å². The topological polar surface area (TPSA) is 49.6 Å². The predicted octanol–water partition coefficient (Wildman–Crippen LogP) is 2.95. The third-order valence-corrected chi connectivity index (χ3v) is 5.32. The van der Waals surface area contributed by atoms with Gasteiger partial charge < -0.3 is 9.32 Å². The fraction of sp³-hybridized carbons (Fsp3) is 0.444. The maximum Gasteiger partial charge on any atom is 0.230 e. The van der Waals surface area contributed by atoms with Crippen molar-refractivity contribution >= 4 is 17.5 Å². The van der Waals surface area contributed by atoms with E-state index < -0.39 is 0 Å². The number of nitrogens with zero attached hydrogens (tertiary/aromatic N) is 3. The monoisotopic (exact) mass is 345 g/mol. The average Bonchev–Trinajstić information content (AvgIpc) is 3.26. The van der Waals surface area contributed by atoms with Gasteiger partial charge in [-0.1, -0.05) is 6.07 Å². The highest BCUT2D eigenvalue weighted by molar-refractivity contribution is 6.28. The molecule has 2 aromatic rings.